The maximum absolute atomic E-state index is 13.1. The van der Waals surface area contributed by atoms with Gasteiger partial charge in [0.25, 0.3) is 0 Å². The lowest BCUT2D eigenvalue weighted by Crippen LogP contribution is -2.36. The molecule has 1 N–H and O–H groups in total. The SMILES string of the molecule is COC(C)(C)CNCc1cc(F)cc(C(F)(F)F)c1. The maximum Gasteiger partial charge on any atom is 0.416 e. The Bertz CT molecular complexity index is 429. The van der Waals surface area contributed by atoms with Crippen molar-refractivity contribution in [1.29, 1.82) is 0 Å². The smallest absolute Gasteiger partial charge is 0.377 e. The molecule has 0 fully saturated rings. The summed E-state index contributed by atoms with van der Waals surface area (Å²) in [6, 6.07) is 2.51. The molecule has 1 rings (SSSR count). The number of ether oxygens (including phenoxy) is 1. The minimum atomic E-state index is -4.54. The molecule has 0 amide bonds. The Balaban J connectivity index is 2.72. The number of hydrogen-bond donors (Lipinski definition) is 1. The Labute approximate surface area is 109 Å². The highest BCUT2D eigenvalue weighted by molar-refractivity contribution is 5.26. The highest BCUT2D eigenvalue weighted by Gasteiger charge is 2.31. The summed E-state index contributed by atoms with van der Waals surface area (Å²) in [4.78, 5) is 0. The van der Waals surface area contributed by atoms with Gasteiger partial charge in [0.15, 0.2) is 0 Å². The van der Waals surface area contributed by atoms with Crippen LogP contribution in [0.15, 0.2) is 18.2 Å². The number of hydrogen-bond acceptors (Lipinski definition) is 2. The highest BCUT2D eigenvalue weighted by atomic mass is 19.4. The number of benzene rings is 1. The van der Waals surface area contributed by atoms with Crippen LogP contribution in [0, 0.1) is 5.82 Å². The second-order valence-electron chi connectivity index (χ2n) is 4.91. The first-order valence-electron chi connectivity index (χ1n) is 5.76. The summed E-state index contributed by atoms with van der Waals surface area (Å²) in [5.74, 6) is -0.891. The van der Waals surface area contributed by atoms with E-state index in [0.29, 0.717) is 12.6 Å². The maximum atomic E-state index is 13.1. The minimum absolute atomic E-state index is 0.146. The molecular formula is C13H17F4NO. The number of halogens is 4. The molecule has 0 aliphatic rings. The van der Waals surface area contributed by atoms with E-state index in [2.05, 4.69) is 5.32 Å². The number of rotatable bonds is 5. The average molecular weight is 279 g/mol. The zero-order chi connectivity index (χ0) is 14.7. The Kier molecular flexibility index (Phi) is 4.92. The molecule has 0 saturated heterocycles. The van der Waals surface area contributed by atoms with Gasteiger partial charge in [-0.05, 0) is 37.6 Å². The second kappa shape index (κ2) is 5.88. The lowest BCUT2D eigenvalue weighted by atomic mass is 10.1. The predicted molar refractivity (Wildman–Crippen MR) is 64.2 cm³/mol. The van der Waals surface area contributed by atoms with Crippen molar-refractivity contribution in [2.75, 3.05) is 13.7 Å². The van der Waals surface area contributed by atoms with Crippen LogP contribution in [0.3, 0.4) is 0 Å². The summed E-state index contributed by atoms with van der Waals surface area (Å²) in [5, 5.41) is 2.94. The molecule has 0 aliphatic heterocycles. The molecule has 0 spiro atoms. The lowest BCUT2D eigenvalue weighted by Gasteiger charge is -2.23. The fourth-order valence-corrected chi connectivity index (χ4v) is 1.50. The van der Waals surface area contributed by atoms with Gasteiger partial charge in [-0.1, -0.05) is 0 Å². The van der Waals surface area contributed by atoms with E-state index in [1.54, 1.807) is 7.11 Å². The molecule has 19 heavy (non-hydrogen) atoms. The number of methoxy groups -OCH3 is 1. The summed E-state index contributed by atoms with van der Waals surface area (Å²) in [7, 11) is 1.55. The first-order chi connectivity index (χ1) is 8.64. The van der Waals surface area contributed by atoms with Crippen molar-refractivity contribution in [3.05, 3.63) is 35.1 Å². The van der Waals surface area contributed by atoms with Gasteiger partial charge in [-0.3, -0.25) is 0 Å². The monoisotopic (exact) mass is 279 g/mol. The molecule has 0 unspecified atom stereocenters. The van der Waals surface area contributed by atoms with E-state index in [1.807, 2.05) is 13.8 Å². The zero-order valence-corrected chi connectivity index (χ0v) is 11.1. The molecule has 0 atom stereocenters. The van der Waals surface area contributed by atoms with Crippen LogP contribution >= 0.6 is 0 Å². The van der Waals surface area contributed by atoms with Gasteiger partial charge in [0.2, 0.25) is 0 Å². The molecule has 0 aromatic heterocycles. The van der Waals surface area contributed by atoms with Crippen molar-refractivity contribution in [2.45, 2.75) is 32.2 Å². The van der Waals surface area contributed by atoms with Crippen LogP contribution in [0.2, 0.25) is 0 Å². The predicted octanol–water partition coefficient (Wildman–Crippen LogP) is 3.36. The average Bonchev–Trinajstić information content (AvgIpc) is 2.27. The normalized spacial score (nSPS) is 12.8. The van der Waals surface area contributed by atoms with Gasteiger partial charge in [0.1, 0.15) is 5.82 Å². The highest BCUT2D eigenvalue weighted by Crippen LogP contribution is 2.30. The Morgan fingerprint density at radius 2 is 1.79 bits per heavy atom. The molecule has 0 saturated carbocycles. The van der Waals surface area contributed by atoms with E-state index in [-0.39, 0.29) is 12.1 Å². The first kappa shape index (κ1) is 15.9. The lowest BCUT2D eigenvalue weighted by molar-refractivity contribution is -0.137. The molecule has 1 aromatic rings. The van der Waals surface area contributed by atoms with Crippen LogP contribution in [-0.2, 0) is 17.5 Å². The molecule has 6 heteroatoms. The van der Waals surface area contributed by atoms with Crippen LogP contribution in [-0.4, -0.2) is 19.3 Å². The quantitative estimate of drug-likeness (QED) is 0.834. The Morgan fingerprint density at radius 1 is 1.16 bits per heavy atom. The van der Waals surface area contributed by atoms with Crippen LogP contribution in [0.4, 0.5) is 17.6 Å². The van der Waals surface area contributed by atoms with Crippen LogP contribution < -0.4 is 5.32 Å². The third-order valence-corrected chi connectivity index (χ3v) is 2.72. The summed E-state index contributed by atoms with van der Waals surface area (Å²) < 4.78 is 55.8. The molecule has 1 aromatic carbocycles. The standard InChI is InChI=1S/C13H17F4NO/c1-12(2,19-3)8-18-7-9-4-10(13(15,16)17)6-11(14)5-9/h4-6,18H,7-8H2,1-3H3. The van der Waals surface area contributed by atoms with Gasteiger partial charge in [-0.2, -0.15) is 13.2 Å². The minimum Gasteiger partial charge on any atom is -0.377 e. The molecule has 0 heterocycles. The van der Waals surface area contributed by atoms with Crippen LogP contribution in [0.1, 0.15) is 25.0 Å². The van der Waals surface area contributed by atoms with E-state index in [4.69, 9.17) is 4.74 Å². The third-order valence-electron chi connectivity index (χ3n) is 2.72. The molecule has 2 nitrogen and oxygen atoms in total. The van der Waals surface area contributed by atoms with Crippen molar-refractivity contribution >= 4 is 0 Å². The molecule has 0 aliphatic carbocycles. The van der Waals surface area contributed by atoms with Crippen molar-refractivity contribution in [3.63, 3.8) is 0 Å². The van der Waals surface area contributed by atoms with Gasteiger partial charge < -0.3 is 10.1 Å². The molecule has 0 bridgehead atoms. The van der Waals surface area contributed by atoms with E-state index < -0.39 is 23.2 Å². The van der Waals surface area contributed by atoms with E-state index in [1.165, 1.54) is 0 Å². The zero-order valence-electron chi connectivity index (χ0n) is 11.1. The topological polar surface area (TPSA) is 21.3 Å². The van der Waals surface area contributed by atoms with Crippen LogP contribution in [0.5, 0.6) is 0 Å². The summed E-state index contributed by atoms with van der Waals surface area (Å²) in [6.07, 6.45) is -4.54. The second-order valence-corrected chi connectivity index (χ2v) is 4.91. The van der Waals surface area contributed by atoms with E-state index in [9.17, 15) is 17.6 Å². The van der Waals surface area contributed by atoms with Crippen molar-refractivity contribution in [1.82, 2.24) is 5.32 Å². The Morgan fingerprint density at radius 3 is 2.32 bits per heavy atom. The van der Waals surface area contributed by atoms with Crippen LogP contribution in [0.25, 0.3) is 0 Å². The summed E-state index contributed by atoms with van der Waals surface area (Å²) >= 11 is 0. The first-order valence-corrected chi connectivity index (χ1v) is 5.76. The number of nitrogens with one attached hydrogen (secondary N) is 1. The fraction of sp³-hybridized carbons (Fsp3) is 0.538. The van der Waals surface area contributed by atoms with Gasteiger partial charge >= 0.3 is 6.18 Å². The fourth-order valence-electron chi connectivity index (χ4n) is 1.50. The Hall–Kier alpha value is -1.14. The van der Waals surface area contributed by atoms with Gasteiger partial charge in [-0.25, -0.2) is 4.39 Å². The third kappa shape index (κ3) is 5.16. The molecule has 0 radical (unpaired) electrons. The number of alkyl halides is 3. The van der Waals surface area contributed by atoms with Gasteiger partial charge in [0, 0.05) is 20.2 Å². The van der Waals surface area contributed by atoms with Gasteiger partial charge in [0.05, 0.1) is 11.2 Å². The van der Waals surface area contributed by atoms with Gasteiger partial charge in [-0.15, -0.1) is 0 Å². The summed E-state index contributed by atoms with van der Waals surface area (Å²) in [6.45, 7) is 4.27. The molecule has 108 valence electrons. The summed E-state index contributed by atoms with van der Waals surface area (Å²) in [5.41, 5.74) is -1.16. The van der Waals surface area contributed by atoms with E-state index >= 15 is 0 Å². The largest absolute Gasteiger partial charge is 0.416 e. The van der Waals surface area contributed by atoms with Crippen molar-refractivity contribution in [3.8, 4) is 0 Å². The van der Waals surface area contributed by atoms with Crippen molar-refractivity contribution in [2.24, 2.45) is 0 Å². The molecular weight excluding hydrogens is 262 g/mol. The van der Waals surface area contributed by atoms with E-state index in [0.717, 1.165) is 12.1 Å². The van der Waals surface area contributed by atoms with Crippen molar-refractivity contribution < 1.29 is 22.3 Å².